The second-order valence-electron chi connectivity index (χ2n) is 4.95. The van der Waals surface area contributed by atoms with Gasteiger partial charge in [0.1, 0.15) is 0 Å². The fourth-order valence-corrected chi connectivity index (χ4v) is 2.46. The topological polar surface area (TPSA) is 20.2 Å². The molecule has 1 N–H and O–H groups in total. The molecular formula is C15H24O. The zero-order chi connectivity index (χ0) is 12.1. The van der Waals surface area contributed by atoms with Crippen molar-refractivity contribution in [1.82, 2.24) is 0 Å². The number of hydrogen-bond donors (Lipinski definition) is 1. The molecule has 0 amide bonds. The van der Waals surface area contributed by atoms with Crippen LogP contribution in [0, 0.1) is 19.8 Å². The first-order valence-electron chi connectivity index (χ1n) is 6.30. The highest BCUT2D eigenvalue weighted by atomic mass is 16.3. The van der Waals surface area contributed by atoms with E-state index in [1.165, 1.54) is 24.0 Å². The molecule has 1 aromatic rings. The monoisotopic (exact) mass is 220 g/mol. The molecule has 0 saturated carbocycles. The zero-order valence-corrected chi connectivity index (χ0v) is 11.0. The molecule has 16 heavy (non-hydrogen) atoms. The van der Waals surface area contributed by atoms with Crippen LogP contribution in [-0.2, 0) is 0 Å². The molecule has 0 spiro atoms. The Morgan fingerprint density at radius 3 is 2.25 bits per heavy atom. The number of aryl methyl sites for hydroxylation is 2. The molecule has 1 rings (SSSR count). The van der Waals surface area contributed by atoms with Crippen molar-refractivity contribution in [3.63, 3.8) is 0 Å². The molecule has 0 aliphatic carbocycles. The molecule has 0 radical (unpaired) electrons. The van der Waals surface area contributed by atoms with Crippen molar-refractivity contribution in [3.8, 4) is 0 Å². The third-order valence-corrected chi connectivity index (χ3v) is 3.28. The smallest absolute Gasteiger partial charge is 0.0797 e. The van der Waals surface area contributed by atoms with Gasteiger partial charge in [-0.15, -0.1) is 0 Å². The molecule has 90 valence electrons. The van der Waals surface area contributed by atoms with Crippen molar-refractivity contribution in [2.75, 3.05) is 0 Å². The van der Waals surface area contributed by atoms with E-state index < -0.39 is 0 Å². The largest absolute Gasteiger partial charge is 0.388 e. The summed E-state index contributed by atoms with van der Waals surface area (Å²) in [5.41, 5.74) is 3.54. The average molecular weight is 220 g/mol. The Hall–Kier alpha value is -0.820. The number of aliphatic hydroxyl groups is 1. The van der Waals surface area contributed by atoms with Crippen LogP contribution in [-0.4, -0.2) is 5.11 Å². The normalized spacial score (nSPS) is 14.8. The summed E-state index contributed by atoms with van der Waals surface area (Å²) in [5, 5.41) is 10.3. The molecule has 1 nitrogen and oxygen atoms in total. The third kappa shape index (κ3) is 3.34. The van der Waals surface area contributed by atoms with Gasteiger partial charge >= 0.3 is 0 Å². The van der Waals surface area contributed by atoms with Crippen molar-refractivity contribution in [3.05, 3.63) is 34.9 Å². The average Bonchev–Trinajstić information content (AvgIpc) is 2.17. The maximum atomic E-state index is 10.3. The molecular weight excluding hydrogens is 196 g/mol. The lowest BCUT2D eigenvalue weighted by atomic mass is 9.90. The Kier molecular flexibility index (Phi) is 5.01. The van der Waals surface area contributed by atoms with E-state index in [9.17, 15) is 5.11 Å². The van der Waals surface area contributed by atoms with Crippen LogP contribution in [0.4, 0.5) is 0 Å². The summed E-state index contributed by atoms with van der Waals surface area (Å²) in [6, 6.07) is 6.21. The van der Waals surface area contributed by atoms with E-state index in [0.29, 0.717) is 5.92 Å². The number of aliphatic hydroxyl groups excluding tert-OH is 1. The van der Waals surface area contributed by atoms with Gasteiger partial charge < -0.3 is 5.11 Å². The Morgan fingerprint density at radius 2 is 1.75 bits per heavy atom. The molecule has 0 aliphatic heterocycles. The van der Waals surface area contributed by atoms with Crippen LogP contribution in [0.15, 0.2) is 18.2 Å². The van der Waals surface area contributed by atoms with E-state index in [1.54, 1.807) is 0 Å². The van der Waals surface area contributed by atoms with E-state index in [1.807, 2.05) is 0 Å². The van der Waals surface area contributed by atoms with Crippen molar-refractivity contribution in [2.45, 2.75) is 53.1 Å². The molecule has 1 aromatic carbocycles. The minimum absolute atomic E-state index is 0.303. The van der Waals surface area contributed by atoms with Crippen LogP contribution < -0.4 is 0 Å². The van der Waals surface area contributed by atoms with Gasteiger partial charge in [0, 0.05) is 0 Å². The first kappa shape index (κ1) is 13.2. The van der Waals surface area contributed by atoms with Gasteiger partial charge in [-0.3, -0.25) is 0 Å². The Labute approximate surface area is 99.5 Å². The summed E-state index contributed by atoms with van der Waals surface area (Å²) in [4.78, 5) is 0. The minimum Gasteiger partial charge on any atom is -0.388 e. The van der Waals surface area contributed by atoms with Gasteiger partial charge in [-0.2, -0.15) is 0 Å². The standard InChI is InChI=1S/C15H24O/c1-5-7-11(2)10-14(16)15-12(3)8-6-9-13(15)4/h6,8-9,11,14,16H,5,7,10H2,1-4H3. The highest BCUT2D eigenvalue weighted by molar-refractivity contribution is 5.35. The van der Waals surface area contributed by atoms with E-state index >= 15 is 0 Å². The van der Waals surface area contributed by atoms with Crippen molar-refractivity contribution in [2.24, 2.45) is 5.92 Å². The summed E-state index contributed by atoms with van der Waals surface area (Å²) >= 11 is 0. The van der Waals surface area contributed by atoms with Crippen molar-refractivity contribution >= 4 is 0 Å². The second-order valence-corrected chi connectivity index (χ2v) is 4.95. The number of hydrogen-bond acceptors (Lipinski definition) is 1. The summed E-state index contributed by atoms with van der Waals surface area (Å²) in [5.74, 6) is 0.596. The maximum absolute atomic E-state index is 10.3. The van der Waals surface area contributed by atoms with Crippen LogP contribution in [0.1, 0.15) is 55.9 Å². The van der Waals surface area contributed by atoms with Gasteiger partial charge in [0.15, 0.2) is 0 Å². The lowest BCUT2D eigenvalue weighted by molar-refractivity contribution is 0.144. The molecule has 0 fully saturated rings. The van der Waals surface area contributed by atoms with Gasteiger partial charge in [-0.05, 0) is 42.9 Å². The number of benzene rings is 1. The van der Waals surface area contributed by atoms with Crippen LogP contribution >= 0.6 is 0 Å². The molecule has 0 saturated heterocycles. The zero-order valence-electron chi connectivity index (χ0n) is 11.0. The molecule has 0 aromatic heterocycles. The lowest BCUT2D eigenvalue weighted by Crippen LogP contribution is -2.07. The fraction of sp³-hybridized carbons (Fsp3) is 0.600. The van der Waals surface area contributed by atoms with E-state index in [-0.39, 0.29) is 6.10 Å². The van der Waals surface area contributed by atoms with Crippen LogP contribution in [0.5, 0.6) is 0 Å². The van der Waals surface area contributed by atoms with Crippen molar-refractivity contribution < 1.29 is 5.11 Å². The predicted octanol–water partition coefficient (Wildman–Crippen LogP) is 4.16. The summed E-state index contributed by atoms with van der Waals surface area (Å²) in [7, 11) is 0. The lowest BCUT2D eigenvalue weighted by Gasteiger charge is -2.19. The van der Waals surface area contributed by atoms with E-state index in [4.69, 9.17) is 0 Å². The summed E-state index contributed by atoms with van der Waals surface area (Å²) in [6.07, 6.45) is 2.96. The predicted molar refractivity (Wildman–Crippen MR) is 69.6 cm³/mol. The molecule has 2 atom stereocenters. The molecule has 0 aliphatic rings. The van der Waals surface area contributed by atoms with Crippen LogP contribution in [0.3, 0.4) is 0 Å². The first-order valence-corrected chi connectivity index (χ1v) is 6.30. The van der Waals surface area contributed by atoms with Crippen molar-refractivity contribution in [1.29, 1.82) is 0 Å². The van der Waals surface area contributed by atoms with Crippen LogP contribution in [0.25, 0.3) is 0 Å². The Morgan fingerprint density at radius 1 is 1.19 bits per heavy atom. The van der Waals surface area contributed by atoms with E-state index in [0.717, 1.165) is 12.0 Å². The summed E-state index contributed by atoms with van der Waals surface area (Å²) in [6.45, 7) is 8.58. The highest BCUT2D eigenvalue weighted by Crippen LogP contribution is 2.28. The molecule has 0 bridgehead atoms. The highest BCUT2D eigenvalue weighted by Gasteiger charge is 2.15. The molecule has 2 unspecified atom stereocenters. The quantitative estimate of drug-likeness (QED) is 0.790. The van der Waals surface area contributed by atoms with E-state index in [2.05, 4.69) is 45.9 Å². The number of rotatable bonds is 5. The molecule has 0 heterocycles. The van der Waals surface area contributed by atoms with Gasteiger partial charge in [-0.25, -0.2) is 0 Å². The Bertz CT molecular complexity index is 310. The second kappa shape index (κ2) is 6.05. The van der Waals surface area contributed by atoms with Gasteiger partial charge in [0.05, 0.1) is 6.10 Å². The fourth-order valence-electron chi connectivity index (χ4n) is 2.46. The van der Waals surface area contributed by atoms with Gasteiger partial charge in [-0.1, -0.05) is 44.9 Å². The maximum Gasteiger partial charge on any atom is 0.0797 e. The Balaban J connectivity index is 2.76. The van der Waals surface area contributed by atoms with Gasteiger partial charge in [0.25, 0.3) is 0 Å². The molecule has 1 heteroatoms. The minimum atomic E-state index is -0.303. The SMILES string of the molecule is CCCC(C)CC(O)c1c(C)cccc1C. The first-order chi connectivity index (χ1) is 7.56. The van der Waals surface area contributed by atoms with Crippen LogP contribution in [0.2, 0.25) is 0 Å². The third-order valence-electron chi connectivity index (χ3n) is 3.28. The van der Waals surface area contributed by atoms with Gasteiger partial charge in [0.2, 0.25) is 0 Å². The summed E-state index contributed by atoms with van der Waals surface area (Å²) < 4.78 is 0.